The van der Waals surface area contributed by atoms with Crippen LogP contribution in [0, 0.1) is 0 Å². The lowest BCUT2D eigenvalue weighted by molar-refractivity contribution is 0.474. The molecule has 2 aromatic carbocycles. The van der Waals surface area contributed by atoms with Crippen LogP contribution in [-0.4, -0.2) is 10.2 Å². The highest BCUT2D eigenvalue weighted by molar-refractivity contribution is 5.54. The van der Waals surface area contributed by atoms with Gasteiger partial charge in [-0.25, -0.2) is 0 Å². The fourth-order valence-electron chi connectivity index (χ4n) is 1.09. The summed E-state index contributed by atoms with van der Waals surface area (Å²) < 4.78 is 0. The summed E-state index contributed by atoms with van der Waals surface area (Å²) in [4.78, 5) is 0. The van der Waals surface area contributed by atoms with Gasteiger partial charge in [0.2, 0.25) is 0 Å². The van der Waals surface area contributed by atoms with Gasteiger partial charge in [0.15, 0.2) is 0 Å². The van der Waals surface area contributed by atoms with Crippen molar-refractivity contribution in [3.8, 4) is 11.5 Å². The first-order valence-corrected chi connectivity index (χ1v) is 4.88. The third kappa shape index (κ3) is 3.88. The monoisotopic (exact) mass is 214 g/mol. The number of rotatable bonds is 1. The lowest BCUT2D eigenvalue weighted by Gasteiger charge is -1.93. The SMILES string of the molecule is C=Cc1ccccc1O.Oc1ccccc1. The van der Waals surface area contributed by atoms with E-state index in [-0.39, 0.29) is 5.75 Å². The minimum atomic E-state index is 0.285. The standard InChI is InChI=1S/C8H8O.C6H6O/c1-2-7-5-3-4-6-8(7)9;7-6-4-2-1-3-5-6/h2-6,9H,1H2;1-5,7H. The van der Waals surface area contributed by atoms with Gasteiger partial charge in [-0.1, -0.05) is 49.1 Å². The smallest absolute Gasteiger partial charge is 0.122 e. The average molecular weight is 214 g/mol. The van der Waals surface area contributed by atoms with E-state index in [1.165, 1.54) is 0 Å². The zero-order chi connectivity index (χ0) is 11.8. The average Bonchev–Trinajstić information content (AvgIpc) is 2.31. The second-order valence-electron chi connectivity index (χ2n) is 3.10. The molecule has 0 spiro atoms. The van der Waals surface area contributed by atoms with Crippen LogP contribution in [-0.2, 0) is 0 Å². The first-order valence-electron chi connectivity index (χ1n) is 4.88. The molecule has 0 unspecified atom stereocenters. The van der Waals surface area contributed by atoms with Crippen LogP contribution in [0.3, 0.4) is 0 Å². The molecule has 0 heterocycles. The Morgan fingerprint density at radius 1 is 0.812 bits per heavy atom. The molecule has 16 heavy (non-hydrogen) atoms. The van der Waals surface area contributed by atoms with Gasteiger partial charge < -0.3 is 10.2 Å². The van der Waals surface area contributed by atoms with E-state index >= 15 is 0 Å². The van der Waals surface area contributed by atoms with Crippen LogP contribution in [0.15, 0.2) is 61.2 Å². The highest BCUT2D eigenvalue weighted by atomic mass is 16.3. The number of phenolic OH excluding ortho intramolecular Hbond substituents is 2. The molecule has 0 amide bonds. The predicted molar refractivity (Wildman–Crippen MR) is 66.3 cm³/mol. The van der Waals surface area contributed by atoms with Crippen molar-refractivity contribution in [2.24, 2.45) is 0 Å². The number of benzene rings is 2. The van der Waals surface area contributed by atoms with Crippen molar-refractivity contribution in [1.29, 1.82) is 0 Å². The Balaban J connectivity index is 0.000000165. The number of hydrogen-bond acceptors (Lipinski definition) is 2. The van der Waals surface area contributed by atoms with Crippen molar-refractivity contribution in [2.75, 3.05) is 0 Å². The summed E-state index contributed by atoms with van der Waals surface area (Å²) in [7, 11) is 0. The summed E-state index contributed by atoms with van der Waals surface area (Å²) in [5.74, 6) is 0.606. The molecule has 0 saturated heterocycles. The topological polar surface area (TPSA) is 40.5 Å². The molecule has 2 N–H and O–H groups in total. The van der Waals surface area contributed by atoms with Crippen molar-refractivity contribution >= 4 is 6.08 Å². The van der Waals surface area contributed by atoms with Gasteiger partial charge in [0, 0.05) is 5.56 Å². The maximum atomic E-state index is 9.04. The fourth-order valence-corrected chi connectivity index (χ4v) is 1.09. The molecule has 2 aromatic rings. The second kappa shape index (κ2) is 6.30. The Hall–Kier alpha value is -2.22. The third-order valence-electron chi connectivity index (χ3n) is 1.91. The highest BCUT2D eigenvalue weighted by Crippen LogP contribution is 2.15. The number of para-hydroxylation sites is 2. The number of aromatic hydroxyl groups is 2. The second-order valence-corrected chi connectivity index (χ2v) is 3.10. The van der Waals surface area contributed by atoms with Crippen molar-refractivity contribution < 1.29 is 10.2 Å². The molecule has 0 aliphatic rings. The van der Waals surface area contributed by atoms with Gasteiger partial charge in [0.25, 0.3) is 0 Å². The van der Waals surface area contributed by atoms with Gasteiger partial charge >= 0.3 is 0 Å². The van der Waals surface area contributed by atoms with Crippen LogP contribution in [0.5, 0.6) is 11.5 Å². The summed E-state index contributed by atoms with van der Waals surface area (Å²) in [5, 5.41) is 17.7. The zero-order valence-corrected chi connectivity index (χ0v) is 8.88. The van der Waals surface area contributed by atoms with E-state index in [4.69, 9.17) is 10.2 Å². The fraction of sp³-hybridized carbons (Fsp3) is 0. The Labute approximate surface area is 95.1 Å². The summed E-state index contributed by atoms with van der Waals surface area (Å²) in [6.45, 7) is 3.53. The van der Waals surface area contributed by atoms with Gasteiger partial charge in [-0.3, -0.25) is 0 Å². The predicted octanol–water partition coefficient (Wildman–Crippen LogP) is 3.43. The molecule has 0 saturated carbocycles. The number of phenols is 2. The molecular weight excluding hydrogens is 200 g/mol. The first-order chi connectivity index (χ1) is 7.74. The van der Waals surface area contributed by atoms with Crippen LogP contribution in [0.2, 0.25) is 0 Å². The molecule has 0 fully saturated rings. The maximum absolute atomic E-state index is 9.04. The maximum Gasteiger partial charge on any atom is 0.122 e. The van der Waals surface area contributed by atoms with E-state index in [9.17, 15) is 0 Å². The van der Waals surface area contributed by atoms with Gasteiger partial charge in [0.1, 0.15) is 11.5 Å². The van der Waals surface area contributed by atoms with Gasteiger partial charge in [-0.15, -0.1) is 0 Å². The van der Waals surface area contributed by atoms with E-state index in [0.29, 0.717) is 5.75 Å². The van der Waals surface area contributed by atoms with Crippen LogP contribution in [0.4, 0.5) is 0 Å². The molecule has 0 radical (unpaired) electrons. The molecule has 0 aliphatic carbocycles. The van der Waals surface area contributed by atoms with Crippen molar-refractivity contribution in [3.05, 3.63) is 66.7 Å². The summed E-state index contributed by atoms with van der Waals surface area (Å²) in [6.07, 6.45) is 1.62. The van der Waals surface area contributed by atoms with E-state index in [1.54, 1.807) is 42.5 Å². The van der Waals surface area contributed by atoms with E-state index in [1.807, 2.05) is 18.2 Å². The van der Waals surface area contributed by atoms with Gasteiger partial charge in [-0.05, 0) is 18.2 Å². The van der Waals surface area contributed by atoms with E-state index in [0.717, 1.165) is 5.56 Å². The van der Waals surface area contributed by atoms with Gasteiger partial charge in [-0.2, -0.15) is 0 Å². The Morgan fingerprint density at radius 2 is 1.38 bits per heavy atom. The minimum absolute atomic E-state index is 0.285. The largest absolute Gasteiger partial charge is 0.508 e. The molecule has 2 rings (SSSR count). The summed E-state index contributed by atoms with van der Waals surface area (Å²) in [5.41, 5.74) is 0.775. The Kier molecular flexibility index (Phi) is 4.67. The quantitative estimate of drug-likeness (QED) is 0.763. The minimum Gasteiger partial charge on any atom is -0.508 e. The highest BCUT2D eigenvalue weighted by Gasteiger charge is 1.89. The molecule has 0 bridgehead atoms. The molecule has 0 aromatic heterocycles. The van der Waals surface area contributed by atoms with Crippen molar-refractivity contribution in [2.45, 2.75) is 0 Å². The van der Waals surface area contributed by atoms with Crippen LogP contribution in [0.1, 0.15) is 5.56 Å². The molecule has 2 nitrogen and oxygen atoms in total. The van der Waals surface area contributed by atoms with E-state index in [2.05, 4.69) is 6.58 Å². The zero-order valence-electron chi connectivity index (χ0n) is 8.88. The van der Waals surface area contributed by atoms with E-state index < -0.39 is 0 Å². The lowest BCUT2D eigenvalue weighted by Crippen LogP contribution is -1.69. The van der Waals surface area contributed by atoms with Crippen molar-refractivity contribution in [1.82, 2.24) is 0 Å². The normalized spacial score (nSPS) is 8.75. The summed E-state index contributed by atoms with van der Waals surface area (Å²) >= 11 is 0. The first kappa shape index (κ1) is 11.9. The Bertz CT molecular complexity index is 435. The molecule has 0 atom stereocenters. The lowest BCUT2D eigenvalue weighted by atomic mass is 10.2. The van der Waals surface area contributed by atoms with Crippen LogP contribution >= 0.6 is 0 Å². The van der Waals surface area contributed by atoms with Gasteiger partial charge in [0.05, 0.1) is 0 Å². The molecule has 0 aliphatic heterocycles. The number of hydrogen-bond donors (Lipinski definition) is 2. The summed E-state index contributed by atoms with van der Waals surface area (Å²) in [6, 6.07) is 15.8. The van der Waals surface area contributed by atoms with Crippen LogP contribution < -0.4 is 0 Å². The van der Waals surface area contributed by atoms with Crippen molar-refractivity contribution in [3.63, 3.8) is 0 Å². The van der Waals surface area contributed by atoms with Crippen LogP contribution in [0.25, 0.3) is 6.08 Å². The third-order valence-corrected chi connectivity index (χ3v) is 1.91. The molecular formula is C14H14O2. The molecule has 2 heteroatoms. The Morgan fingerprint density at radius 3 is 1.75 bits per heavy atom. The molecule has 82 valence electrons.